The number of hydrogen-bond acceptors (Lipinski definition) is 5. The molecule has 1 aliphatic heterocycles. The summed E-state index contributed by atoms with van der Waals surface area (Å²) < 4.78 is 6.27. The number of nitrogens with zero attached hydrogens (tertiary/aromatic N) is 2. The van der Waals surface area contributed by atoms with Crippen LogP contribution in [0, 0.1) is 0 Å². The molecule has 1 heterocycles. The highest BCUT2D eigenvalue weighted by Gasteiger charge is 2.20. The lowest BCUT2D eigenvalue weighted by Gasteiger charge is -2.35. The molecule has 1 saturated heterocycles. The molecule has 0 spiro atoms. The van der Waals surface area contributed by atoms with E-state index >= 15 is 0 Å². The average Bonchev–Trinajstić information content (AvgIpc) is 2.80. The van der Waals surface area contributed by atoms with E-state index in [4.69, 9.17) is 17.0 Å². The predicted octanol–water partition coefficient (Wildman–Crippen LogP) is 4.49. The quantitative estimate of drug-likeness (QED) is 0.502. The molecule has 0 radical (unpaired) electrons. The third-order valence-electron chi connectivity index (χ3n) is 5.61. The Kier molecular flexibility index (Phi) is 6.93. The van der Waals surface area contributed by atoms with Crippen LogP contribution in [0.4, 0.5) is 11.4 Å². The number of carbonyl (C=O) groups is 1. The summed E-state index contributed by atoms with van der Waals surface area (Å²) in [4.78, 5) is 17.7. The first-order chi connectivity index (χ1) is 15.5. The van der Waals surface area contributed by atoms with Crippen molar-refractivity contribution >= 4 is 61.3 Å². The first-order valence-corrected chi connectivity index (χ1v) is 11.6. The Bertz CT molecular complexity index is 1160. The number of fused-ring (bicyclic) bond motifs is 1. The van der Waals surface area contributed by atoms with Crippen molar-refractivity contribution in [2.45, 2.75) is 0 Å². The Morgan fingerprint density at radius 2 is 1.75 bits per heavy atom. The summed E-state index contributed by atoms with van der Waals surface area (Å²) in [5.41, 5.74) is 2.35. The molecule has 0 aromatic heterocycles. The van der Waals surface area contributed by atoms with Crippen LogP contribution < -0.4 is 20.3 Å². The van der Waals surface area contributed by atoms with Gasteiger partial charge in [0.15, 0.2) is 5.11 Å². The van der Waals surface area contributed by atoms with E-state index in [1.54, 1.807) is 7.11 Å². The highest BCUT2D eigenvalue weighted by molar-refractivity contribution is 9.10. The lowest BCUT2D eigenvalue weighted by atomic mass is 10.1. The molecule has 0 bridgehead atoms. The maximum Gasteiger partial charge on any atom is 0.261 e. The molecule has 8 heteroatoms. The van der Waals surface area contributed by atoms with Crippen molar-refractivity contribution in [1.82, 2.24) is 10.2 Å². The van der Waals surface area contributed by atoms with Gasteiger partial charge in [0.05, 0.1) is 28.5 Å². The van der Waals surface area contributed by atoms with Crippen LogP contribution in [0.1, 0.15) is 10.4 Å². The third kappa shape index (κ3) is 4.72. The van der Waals surface area contributed by atoms with Gasteiger partial charge >= 0.3 is 0 Å². The second-order valence-corrected chi connectivity index (χ2v) is 8.91. The maximum atomic E-state index is 13.1. The standard InChI is InChI=1S/C24H25BrN4O2S/c1-28-11-13-29(14-12-28)20-10-6-5-9-19(20)26-24(32)27-23(30)18-15-16-7-3-4-8-17(16)21(25)22(18)31-2/h3-10,15H,11-14H2,1-2H3,(H2,26,27,30,32). The molecule has 4 rings (SSSR count). The molecule has 0 unspecified atom stereocenters. The summed E-state index contributed by atoms with van der Waals surface area (Å²) in [5.74, 6) is 0.143. The highest BCUT2D eigenvalue weighted by atomic mass is 79.9. The molecule has 1 amide bonds. The molecular weight excluding hydrogens is 488 g/mol. The van der Waals surface area contributed by atoms with Gasteiger partial charge in [-0.1, -0.05) is 36.4 Å². The Hall–Kier alpha value is -2.68. The molecule has 1 aliphatic rings. The topological polar surface area (TPSA) is 56.8 Å². The Morgan fingerprint density at radius 3 is 2.50 bits per heavy atom. The highest BCUT2D eigenvalue weighted by Crippen LogP contribution is 2.36. The number of ether oxygens (including phenoxy) is 1. The number of anilines is 2. The van der Waals surface area contributed by atoms with Crippen LogP contribution in [0.2, 0.25) is 0 Å². The number of likely N-dealkylation sites (N-methyl/N-ethyl adjacent to an activating group) is 1. The first-order valence-electron chi connectivity index (χ1n) is 10.4. The molecular formula is C24H25BrN4O2S. The zero-order chi connectivity index (χ0) is 22.7. The number of methoxy groups -OCH3 is 1. The minimum atomic E-state index is -0.331. The summed E-state index contributed by atoms with van der Waals surface area (Å²) in [6, 6.07) is 17.6. The van der Waals surface area contributed by atoms with Crippen molar-refractivity contribution in [3.63, 3.8) is 0 Å². The molecule has 1 fully saturated rings. The van der Waals surface area contributed by atoms with Gasteiger partial charge in [0, 0.05) is 26.2 Å². The van der Waals surface area contributed by atoms with Gasteiger partial charge in [0.2, 0.25) is 0 Å². The predicted molar refractivity (Wildman–Crippen MR) is 138 cm³/mol. The minimum Gasteiger partial charge on any atom is -0.495 e. The average molecular weight is 513 g/mol. The number of para-hydroxylation sites is 2. The van der Waals surface area contributed by atoms with Gasteiger partial charge in [-0.15, -0.1) is 0 Å². The van der Waals surface area contributed by atoms with Crippen LogP contribution in [-0.2, 0) is 0 Å². The van der Waals surface area contributed by atoms with Crippen LogP contribution in [0.25, 0.3) is 10.8 Å². The Labute approximate surface area is 201 Å². The van der Waals surface area contributed by atoms with E-state index in [0.29, 0.717) is 11.3 Å². The van der Waals surface area contributed by atoms with Crippen molar-refractivity contribution in [3.05, 3.63) is 64.6 Å². The smallest absolute Gasteiger partial charge is 0.261 e. The van der Waals surface area contributed by atoms with Gasteiger partial charge in [-0.3, -0.25) is 10.1 Å². The fourth-order valence-corrected chi connectivity index (χ4v) is 4.82. The summed E-state index contributed by atoms with van der Waals surface area (Å²) >= 11 is 9.05. The van der Waals surface area contributed by atoms with Crippen LogP contribution in [0.15, 0.2) is 59.1 Å². The molecule has 0 saturated carbocycles. The monoisotopic (exact) mass is 512 g/mol. The number of halogens is 1. The molecule has 166 valence electrons. The first kappa shape index (κ1) is 22.5. The number of piperazine rings is 1. The molecule has 3 aromatic carbocycles. The fraction of sp³-hybridized carbons (Fsp3) is 0.250. The van der Waals surface area contributed by atoms with Gasteiger partial charge in [0.25, 0.3) is 5.91 Å². The molecule has 3 aromatic rings. The van der Waals surface area contributed by atoms with Gasteiger partial charge in [-0.2, -0.15) is 0 Å². The van der Waals surface area contributed by atoms with Crippen LogP contribution in [0.3, 0.4) is 0 Å². The maximum absolute atomic E-state index is 13.1. The summed E-state index contributed by atoms with van der Waals surface area (Å²) in [6.45, 7) is 3.89. The Balaban J connectivity index is 1.53. The van der Waals surface area contributed by atoms with Crippen molar-refractivity contribution < 1.29 is 9.53 Å². The van der Waals surface area contributed by atoms with E-state index in [2.05, 4.69) is 49.5 Å². The zero-order valence-corrected chi connectivity index (χ0v) is 20.4. The van der Waals surface area contributed by atoms with E-state index in [1.165, 1.54) is 0 Å². The minimum absolute atomic E-state index is 0.239. The second kappa shape index (κ2) is 9.85. The molecule has 0 atom stereocenters. The van der Waals surface area contributed by atoms with Crippen molar-refractivity contribution in [2.24, 2.45) is 0 Å². The summed E-state index contributed by atoms with van der Waals surface area (Å²) in [6.07, 6.45) is 0. The molecule has 0 aliphatic carbocycles. The number of rotatable bonds is 4. The van der Waals surface area contributed by atoms with Gasteiger partial charge in [-0.25, -0.2) is 0 Å². The summed E-state index contributed by atoms with van der Waals surface area (Å²) in [5, 5.41) is 8.15. The largest absolute Gasteiger partial charge is 0.495 e. The van der Waals surface area contributed by atoms with Crippen molar-refractivity contribution in [3.8, 4) is 5.75 Å². The van der Waals surface area contributed by atoms with E-state index in [-0.39, 0.29) is 11.0 Å². The number of nitrogens with one attached hydrogen (secondary N) is 2. The summed E-state index contributed by atoms with van der Waals surface area (Å²) in [7, 11) is 3.68. The van der Waals surface area contributed by atoms with E-state index in [0.717, 1.165) is 52.8 Å². The third-order valence-corrected chi connectivity index (χ3v) is 6.60. The van der Waals surface area contributed by atoms with Crippen LogP contribution >= 0.6 is 28.1 Å². The lowest BCUT2D eigenvalue weighted by molar-refractivity contribution is 0.0975. The van der Waals surface area contributed by atoms with Crippen LogP contribution in [-0.4, -0.2) is 56.3 Å². The van der Waals surface area contributed by atoms with Crippen LogP contribution in [0.5, 0.6) is 5.75 Å². The van der Waals surface area contributed by atoms with E-state index in [1.807, 2.05) is 48.5 Å². The molecule has 2 N–H and O–H groups in total. The Morgan fingerprint density at radius 1 is 1.06 bits per heavy atom. The molecule has 6 nitrogen and oxygen atoms in total. The van der Waals surface area contributed by atoms with Crippen molar-refractivity contribution in [1.29, 1.82) is 0 Å². The zero-order valence-electron chi connectivity index (χ0n) is 18.0. The SMILES string of the molecule is COc1c(C(=O)NC(=S)Nc2ccccc2N2CCN(C)CC2)cc2ccccc2c1Br. The van der Waals surface area contributed by atoms with E-state index < -0.39 is 0 Å². The molecule has 32 heavy (non-hydrogen) atoms. The van der Waals surface area contributed by atoms with Gasteiger partial charge in [0.1, 0.15) is 5.75 Å². The van der Waals surface area contributed by atoms with Gasteiger partial charge < -0.3 is 19.9 Å². The normalized spacial score (nSPS) is 14.3. The lowest BCUT2D eigenvalue weighted by Crippen LogP contribution is -2.45. The van der Waals surface area contributed by atoms with Crippen molar-refractivity contribution in [2.75, 3.05) is 50.6 Å². The number of hydrogen-bond donors (Lipinski definition) is 2. The number of amides is 1. The number of thiocarbonyl (C=S) groups is 1. The fourth-order valence-electron chi connectivity index (χ4n) is 3.88. The number of carbonyl (C=O) groups excluding carboxylic acids is 1. The van der Waals surface area contributed by atoms with Gasteiger partial charge in [-0.05, 0) is 64.2 Å². The number of benzene rings is 3. The van der Waals surface area contributed by atoms with E-state index in [9.17, 15) is 4.79 Å². The second-order valence-electron chi connectivity index (χ2n) is 7.71.